The molecule has 1 saturated heterocycles. The fraction of sp³-hybridized carbons (Fsp3) is 0.316. The summed E-state index contributed by atoms with van der Waals surface area (Å²) in [6, 6.07) is 12.3. The molecule has 0 bridgehead atoms. The van der Waals surface area contributed by atoms with Gasteiger partial charge in [-0.1, -0.05) is 24.3 Å². The zero-order chi connectivity index (χ0) is 18.7. The van der Waals surface area contributed by atoms with E-state index in [1.165, 1.54) is 16.4 Å². The van der Waals surface area contributed by atoms with E-state index in [2.05, 4.69) is 0 Å². The second kappa shape index (κ2) is 7.55. The third-order valence-corrected chi connectivity index (χ3v) is 6.60. The minimum Gasteiger partial charge on any atom is -0.481 e. The number of piperidine rings is 1. The van der Waals surface area contributed by atoms with Crippen LogP contribution in [0.3, 0.4) is 0 Å². The number of hydrogen-bond donors (Lipinski definition) is 1. The zero-order valence-corrected chi connectivity index (χ0v) is 15.0. The second-order valence-electron chi connectivity index (χ2n) is 6.45. The maximum Gasteiger partial charge on any atom is 0.307 e. The van der Waals surface area contributed by atoms with E-state index >= 15 is 0 Å². The van der Waals surface area contributed by atoms with Gasteiger partial charge in [0.1, 0.15) is 5.82 Å². The molecular formula is C19H20FNO4S. The monoisotopic (exact) mass is 377 g/mol. The Morgan fingerprint density at radius 2 is 1.77 bits per heavy atom. The number of carboxylic acids is 1. The van der Waals surface area contributed by atoms with Crippen LogP contribution in [0.2, 0.25) is 0 Å². The van der Waals surface area contributed by atoms with E-state index in [9.17, 15) is 17.6 Å². The number of aliphatic carboxylic acids is 1. The second-order valence-corrected chi connectivity index (χ2v) is 8.39. The van der Waals surface area contributed by atoms with Crippen LogP contribution in [0.5, 0.6) is 0 Å². The molecule has 0 amide bonds. The molecule has 0 aromatic heterocycles. The molecule has 0 radical (unpaired) electrons. The van der Waals surface area contributed by atoms with Crippen LogP contribution >= 0.6 is 0 Å². The maximum absolute atomic E-state index is 13.0. The van der Waals surface area contributed by atoms with Crippen LogP contribution < -0.4 is 0 Å². The number of halogens is 1. The molecule has 0 aliphatic carbocycles. The number of rotatable bonds is 5. The lowest BCUT2D eigenvalue weighted by molar-refractivity contribution is -0.136. The summed E-state index contributed by atoms with van der Waals surface area (Å²) in [5.41, 5.74) is 1.79. The van der Waals surface area contributed by atoms with Crippen molar-refractivity contribution in [3.05, 3.63) is 65.5 Å². The molecule has 0 spiro atoms. The van der Waals surface area contributed by atoms with Crippen molar-refractivity contribution < 1.29 is 22.7 Å². The molecule has 5 nitrogen and oxygen atoms in total. The Morgan fingerprint density at radius 1 is 1.12 bits per heavy atom. The van der Waals surface area contributed by atoms with Crippen LogP contribution in [0.4, 0.5) is 4.39 Å². The SMILES string of the molecule is O=C(O)Cc1cccc(C2CCN(S(=O)(=O)c3ccc(F)cc3)CC2)c1. The lowest BCUT2D eigenvalue weighted by atomic mass is 9.89. The van der Waals surface area contributed by atoms with Crippen molar-refractivity contribution in [2.24, 2.45) is 0 Å². The van der Waals surface area contributed by atoms with Crippen LogP contribution in [0.1, 0.15) is 29.9 Å². The predicted octanol–water partition coefficient (Wildman–Crippen LogP) is 3.02. The van der Waals surface area contributed by atoms with Gasteiger partial charge in [-0.05, 0) is 54.2 Å². The number of carboxylic acid groups (broad SMARTS) is 1. The summed E-state index contributed by atoms with van der Waals surface area (Å²) in [4.78, 5) is 11.0. The third kappa shape index (κ3) is 4.11. The van der Waals surface area contributed by atoms with Gasteiger partial charge in [-0.2, -0.15) is 4.31 Å². The van der Waals surface area contributed by atoms with Crippen LogP contribution in [-0.2, 0) is 21.2 Å². The summed E-state index contributed by atoms with van der Waals surface area (Å²) in [5.74, 6) is -1.14. The minimum absolute atomic E-state index is 0.0222. The van der Waals surface area contributed by atoms with E-state index in [-0.39, 0.29) is 17.2 Å². The lowest BCUT2D eigenvalue weighted by Gasteiger charge is -2.31. The first-order chi connectivity index (χ1) is 12.4. The smallest absolute Gasteiger partial charge is 0.307 e. The number of benzene rings is 2. The van der Waals surface area contributed by atoms with E-state index in [1.807, 2.05) is 18.2 Å². The van der Waals surface area contributed by atoms with Gasteiger partial charge in [0, 0.05) is 13.1 Å². The maximum atomic E-state index is 13.0. The highest BCUT2D eigenvalue weighted by Crippen LogP contribution is 2.31. The van der Waals surface area contributed by atoms with Crippen molar-refractivity contribution in [3.63, 3.8) is 0 Å². The molecule has 0 saturated carbocycles. The van der Waals surface area contributed by atoms with Gasteiger partial charge >= 0.3 is 5.97 Å². The van der Waals surface area contributed by atoms with Crippen LogP contribution in [0.25, 0.3) is 0 Å². The molecule has 1 aliphatic heterocycles. The average Bonchev–Trinajstić information content (AvgIpc) is 2.62. The van der Waals surface area contributed by atoms with E-state index in [4.69, 9.17) is 5.11 Å². The first-order valence-electron chi connectivity index (χ1n) is 8.42. The summed E-state index contributed by atoms with van der Waals surface area (Å²) in [5, 5.41) is 8.92. The van der Waals surface area contributed by atoms with Gasteiger partial charge in [-0.3, -0.25) is 4.79 Å². The highest BCUT2D eigenvalue weighted by atomic mass is 32.2. The average molecular weight is 377 g/mol. The molecule has 26 heavy (non-hydrogen) atoms. The number of carbonyl (C=O) groups is 1. The van der Waals surface area contributed by atoms with Gasteiger partial charge in [0.15, 0.2) is 0 Å². The Balaban J connectivity index is 1.69. The minimum atomic E-state index is -3.62. The van der Waals surface area contributed by atoms with Crippen molar-refractivity contribution >= 4 is 16.0 Å². The Kier molecular flexibility index (Phi) is 5.38. The fourth-order valence-electron chi connectivity index (χ4n) is 3.32. The molecule has 1 heterocycles. The van der Waals surface area contributed by atoms with Gasteiger partial charge in [-0.15, -0.1) is 0 Å². The topological polar surface area (TPSA) is 74.7 Å². The quantitative estimate of drug-likeness (QED) is 0.869. The van der Waals surface area contributed by atoms with E-state index in [1.54, 1.807) is 6.07 Å². The standard InChI is InChI=1S/C19H20FNO4S/c20-17-4-6-18(7-5-17)26(24,25)21-10-8-15(9-11-21)16-3-1-2-14(12-16)13-19(22)23/h1-7,12,15H,8-11,13H2,(H,22,23). The third-order valence-electron chi connectivity index (χ3n) is 4.68. The van der Waals surface area contributed by atoms with Gasteiger partial charge in [-0.25, -0.2) is 12.8 Å². The molecular weight excluding hydrogens is 357 g/mol. The highest BCUT2D eigenvalue weighted by Gasteiger charge is 2.30. The van der Waals surface area contributed by atoms with Gasteiger partial charge < -0.3 is 5.11 Å². The van der Waals surface area contributed by atoms with Crippen LogP contribution in [0.15, 0.2) is 53.4 Å². The summed E-state index contributed by atoms with van der Waals surface area (Å²) in [7, 11) is -3.62. The van der Waals surface area contributed by atoms with Crippen LogP contribution in [0, 0.1) is 5.82 Å². The normalized spacial score (nSPS) is 16.5. The first kappa shape index (κ1) is 18.5. The van der Waals surface area contributed by atoms with Crippen molar-refractivity contribution in [3.8, 4) is 0 Å². The van der Waals surface area contributed by atoms with Crippen molar-refractivity contribution in [1.29, 1.82) is 0 Å². The Bertz CT molecular complexity index is 888. The predicted molar refractivity (Wildman–Crippen MR) is 94.9 cm³/mol. The molecule has 7 heteroatoms. The molecule has 1 fully saturated rings. The van der Waals surface area contributed by atoms with E-state index in [0.29, 0.717) is 25.9 Å². The van der Waals surface area contributed by atoms with E-state index < -0.39 is 21.8 Å². The summed E-state index contributed by atoms with van der Waals surface area (Å²) < 4.78 is 39.8. The van der Waals surface area contributed by atoms with Crippen molar-refractivity contribution in [2.75, 3.05) is 13.1 Å². The largest absolute Gasteiger partial charge is 0.481 e. The van der Waals surface area contributed by atoms with Crippen molar-refractivity contribution in [2.45, 2.75) is 30.1 Å². The first-order valence-corrected chi connectivity index (χ1v) is 9.86. The van der Waals surface area contributed by atoms with Crippen molar-refractivity contribution in [1.82, 2.24) is 4.31 Å². The van der Waals surface area contributed by atoms with Crippen LogP contribution in [-0.4, -0.2) is 36.9 Å². The molecule has 0 unspecified atom stereocenters. The Morgan fingerprint density at radius 3 is 2.38 bits per heavy atom. The van der Waals surface area contributed by atoms with Gasteiger partial charge in [0.2, 0.25) is 10.0 Å². The lowest BCUT2D eigenvalue weighted by Crippen LogP contribution is -2.37. The molecule has 0 atom stereocenters. The highest BCUT2D eigenvalue weighted by molar-refractivity contribution is 7.89. The molecule has 2 aromatic carbocycles. The summed E-state index contributed by atoms with van der Waals surface area (Å²) >= 11 is 0. The molecule has 3 rings (SSSR count). The number of nitrogens with zero attached hydrogens (tertiary/aromatic N) is 1. The fourth-order valence-corrected chi connectivity index (χ4v) is 4.79. The molecule has 1 N–H and O–H groups in total. The molecule has 138 valence electrons. The Labute approximate surface area is 152 Å². The summed E-state index contributed by atoms with van der Waals surface area (Å²) in [6.45, 7) is 0.765. The molecule has 2 aromatic rings. The number of sulfonamides is 1. The number of hydrogen-bond acceptors (Lipinski definition) is 3. The van der Waals surface area contributed by atoms with Gasteiger partial charge in [0.05, 0.1) is 11.3 Å². The Hall–Kier alpha value is -2.25. The summed E-state index contributed by atoms with van der Waals surface area (Å²) in [6.07, 6.45) is 1.31. The van der Waals surface area contributed by atoms with E-state index in [0.717, 1.165) is 23.3 Å². The zero-order valence-electron chi connectivity index (χ0n) is 14.1. The molecule has 1 aliphatic rings. The van der Waals surface area contributed by atoms with Gasteiger partial charge in [0.25, 0.3) is 0 Å².